The molecule has 0 spiro atoms. The molecule has 0 saturated carbocycles. The van der Waals surface area contributed by atoms with E-state index in [0.29, 0.717) is 12.0 Å². The van der Waals surface area contributed by atoms with Crippen molar-refractivity contribution in [3.63, 3.8) is 0 Å². The lowest BCUT2D eigenvalue weighted by Crippen LogP contribution is -2.30. The molecule has 5 N–H and O–H groups in total. The van der Waals surface area contributed by atoms with Crippen LogP contribution in [0.2, 0.25) is 0 Å². The Labute approximate surface area is 266 Å². The van der Waals surface area contributed by atoms with Gasteiger partial charge < -0.3 is 39.9 Å². The van der Waals surface area contributed by atoms with Gasteiger partial charge in [-0.1, -0.05) is 24.3 Å². The third kappa shape index (κ3) is 9.24. The maximum Gasteiger partial charge on any atom is 0.371 e. The fourth-order valence-electron chi connectivity index (χ4n) is 5.19. The molecule has 2 aromatic carbocycles. The highest BCUT2D eigenvalue weighted by Gasteiger charge is 2.19. The topological polar surface area (TPSA) is 180 Å². The normalized spacial score (nSPS) is 14.2. The number of amides is 1. The zero-order valence-electron chi connectivity index (χ0n) is 25.4. The molecule has 46 heavy (non-hydrogen) atoms. The number of nitrogens with zero attached hydrogens (tertiary/aromatic N) is 2. The summed E-state index contributed by atoms with van der Waals surface area (Å²) in [6.45, 7) is 4.26. The predicted molar refractivity (Wildman–Crippen MR) is 174 cm³/mol. The van der Waals surface area contributed by atoms with Crippen LogP contribution in [0.3, 0.4) is 0 Å². The summed E-state index contributed by atoms with van der Waals surface area (Å²) in [4.78, 5) is 47.8. The van der Waals surface area contributed by atoms with E-state index in [1.54, 1.807) is 0 Å². The van der Waals surface area contributed by atoms with E-state index in [1.165, 1.54) is 55.6 Å². The van der Waals surface area contributed by atoms with Crippen LogP contribution in [0.15, 0.2) is 81.6 Å². The van der Waals surface area contributed by atoms with Gasteiger partial charge in [0, 0.05) is 26.2 Å². The number of piperidine rings is 2. The average Bonchev–Trinajstić information content (AvgIpc) is 3.78. The maximum atomic E-state index is 12.3. The molecule has 0 unspecified atom stereocenters. The Hall–Kier alpha value is -5.52. The van der Waals surface area contributed by atoms with Crippen molar-refractivity contribution in [2.45, 2.75) is 38.5 Å². The van der Waals surface area contributed by atoms with Gasteiger partial charge in [-0.25, -0.2) is 9.59 Å². The van der Waals surface area contributed by atoms with Crippen LogP contribution in [0.5, 0.6) is 0 Å². The molecule has 12 nitrogen and oxygen atoms in total. The van der Waals surface area contributed by atoms with Crippen molar-refractivity contribution < 1.29 is 38.2 Å². The summed E-state index contributed by atoms with van der Waals surface area (Å²) in [5.41, 5.74) is 9.71. The lowest BCUT2D eigenvalue weighted by Gasteiger charge is -2.30. The number of carbonyl (C=O) groups excluding carboxylic acids is 2. The molecule has 1 amide bonds. The molecule has 2 saturated heterocycles. The van der Waals surface area contributed by atoms with E-state index in [2.05, 4.69) is 31.7 Å². The Morgan fingerprint density at radius 2 is 1.15 bits per heavy atom. The number of rotatable bonds is 7. The number of carboxylic acids is 2. The second-order valence-electron chi connectivity index (χ2n) is 10.7. The molecule has 4 heterocycles. The molecule has 6 rings (SSSR count). The van der Waals surface area contributed by atoms with Crippen molar-refractivity contribution in [3.8, 4) is 0 Å². The van der Waals surface area contributed by atoms with E-state index in [0.717, 1.165) is 50.4 Å². The van der Waals surface area contributed by atoms with Crippen LogP contribution in [0.1, 0.15) is 80.7 Å². The Kier molecular flexibility index (Phi) is 12.0. The number of carboxylic acid groups (broad SMARTS) is 2. The summed E-state index contributed by atoms with van der Waals surface area (Å²) in [6, 6.07) is 20.9. The molecule has 2 aromatic heterocycles. The van der Waals surface area contributed by atoms with Crippen molar-refractivity contribution in [1.29, 1.82) is 0 Å². The van der Waals surface area contributed by atoms with Gasteiger partial charge in [-0.3, -0.25) is 9.59 Å². The van der Waals surface area contributed by atoms with Gasteiger partial charge in [0.15, 0.2) is 17.8 Å². The highest BCUT2D eigenvalue weighted by Crippen LogP contribution is 2.29. The number of aldehydes is 1. The monoisotopic (exact) mass is 630 g/mol. The van der Waals surface area contributed by atoms with E-state index >= 15 is 0 Å². The number of benzene rings is 2. The Morgan fingerprint density at radius 1 is 0.652 bits per heavy atom. The van der Waals surface area contributed by atoms with Crippen LogP contribution < -0.4 is 20.9 Å². The van der Waals surface area contributed by atoms with Gasteiger partial charge in [0.05, 0.1) is 22.7 Å². The van der Waals surface area contributed by atoms with E-state index < -0.39 is 17.8 Å². The zero-order chi connectivity index (χ0) is 32.9. The summed E-state index contributed by atoms with van der Waals surface area (Å²) >= 11 is 0. The van der Waals surface area contributed by atoms with E-state index in [-0.39, 0.29) is 23.0 Å². The van der Waals surface area contributed by atoms with Gasteiger partial charge in [-0.2, -0.15) is 0 Å². The van der Waals surface area contributed by atoms with Gasteiger partial charge in [0.1, 0.15) is 0 Å². The van der Waals surface area contributed by atoms with Gasteiger partial charge in [0.25, 0.3) is 5.91 Å². The number of hydrogen-bond acceptors (Lipinski definition) is 9. The van der Waals surface area contributed by atoms with Crippen LogP contribution in [0.4, 0.5) is 22.7 Å². The minimum absolute atomic E-state index is 0.0177. The fraction of sp³-hybridized carbons (Fsp3) is 0.294. The zero-order valence-corrected chi connectivity index (χ0v) is 25.4. The number of nitrogen functional groups attached to an aromatic ring is 1. The van der Waals surface area contributed by atoms with Gasteiger partial charge >= 0.3 is 11.9 Å². The Balaban J connectivity index is 0.000000175. The maximum absolute atomic E-state index is 12.3. The Bertz CT molecular complexity index is 1620. The Morgan fingerprint density at radius 3 is 1.67 bits per heavy atom. The van der Waals surface area contributed by atoms with Crippen LogP contribution in [0, 0.1) is 0 Å². The number of aromatic carboxylic acids is 2. The minimum Gasteiger partial charge on any atom is -0.475 e. The van der Waals surface area contributed by atoms with Crippen molar-refractivity contribution >= 4 is 46.9 Å². The fourth-order valence-corrected chi connectivity index (χ4v) is 5.19. The summed E-state index contributed by atoms with van der Waals surface area (Å²) in [5, 5.41) is 19.9. The van der Waals surface area contributed by atoms with Crippen LogP contribution >= 0.6 is 0 Å². The third-order valence-electron chi connectivity index (χ3n) is 7.48. The van der Waals surface area contributed by atoms with E-state index in [4.69, 9.17) is 20.4 Å². The average molecular weight is 631 g/mol. The number of anilines is 4. The van der Waals surface area contributed by atoms with Crippen molar-refractivity contribution in [2.24, 2.45) is 0 Å². The van der Waals surface area contributed by atoms with Gasteiger partial charge in [0.2, 0.25) is 11.5 Å². The highest BCUT2D eigenvalue weighted by atomic mass is 16.4. The molecule has 0 radical (unpaired) electrons. The first kappa shape index (κ1) is 33.4. The molecule has 2 aliphatic rings. The van der Waals surface area contributed by atoms with Crippen LogP contribution in [0.25, 0.3) is 0 Å². The molecule has 12 heteroatoms. The SMILES string of the molecule is Nc1ccccc1N1CCCCC1.O=C(O)c1ccc(C(=O)Nc2ccccc2N2CCCCC2)o1.O=Cc1ccc(C(=O)O)o1. The molecular weight excluding hydrogens is 592 g/mol. The number of carbonyl (C=O) groups is 4. The predicted octanol–water partition coefficient (Wildman–Crippen LogP) is 6.27. The molecule has 2 aliphatic heterocycles. The first-order valence-electron chi connectivity index (χ1n) is 15.1. The molecular formula is C34H38N4O8. The second-order valence-corrected chi connectivity index (χ2v) is 10.7. The summed E-state index contributed by atoms with van der Waals surface area (Å²) in [6.07, 6.45) is 7.93. The van der Waals surface area contributed by atoms with Crippen molar-refractivity contribution in [2.75, 3.05) is 47.0 Å². The number of hydrogen-bond donors (Lipinski definition) is 4. The van der Waals surface area contributed by atoms with E-state index in [9.17, 15) is 19.2 Å². The highest BCUT2D eigenvalue weighted by molar-refractivity contribution is 6.04. The standard InChI is InChI=1S/C17H18N2O4.C11H16N2.C6H4O4/c20-16(14-8-9-15(23-14)17(21)22)18-12-6-2-3-7-13(12)19-10-4-1-5-11-19;12-10-6-2-3-7-11(10)13-8-4-1-5-9-13;7-3-4-1-2-5(10-4)6(8)9/h2-3,6-9H,1,4-5,10-11H2,(H,18,20)(H,21,22);2-3,6-7H,1,4-5,8-9,12H2;1-3H,(H,8,9). The smallest absolute Gasteiger partial charge is 0.371 e. The van der Waals surface area contributed by atoms with Crippen LogP contribution in [-0.4, -0.2) is 60.5 Å². The lowest BCUT2D eigenvalue weighted by atomic mass is 10.1. The quantitative estimate of drug-likeness (QED) is 0.133. The summed E-state index contributed by atoms with van der Waals surface area (Å²) < 4.78 is 9.57. The van der Waals surface area contributed by atoms with Crippen LogP contribution in [-0.2, 0) is 0 Å². The number of nitrogens with two attached hydrogens (primary N) is 1. The van der Waals surface area contributed by atoms with Crippen molar-refractivity contribution in [3.05, 3.63) is 95.8 Å². The number of nitrogens with one attached hydrogen (secondary N) is 1. The number of para-hydroxylation sites is 4. The molecule has 242 valence electrons. The largest absolute Gasteiger partial charge is 0.475 e. The molecule has 4 aromatic rings. The molecule has 2 fully saturated rings. The minimum atomic E-state index is -1.20. The van der Waals surface area contributed by atoms with Gasteiger partial charge in [-0.05, 0) is 87.1 Å². The first-order chi connectivity index (χ1) is 22.3. The summed E-state index contributed by atoms with van der Waals surface area (Å²) in [5.74, 6) is -3.29. The molecule has 0 aliphatic carbocycles. The van der Waals surface area contributed by atoms with Gasteiger partial charge in [-0.15, -0.1) is 0 Å². The third-order valence-corrected chi connectivity index (χ3v) is 7.48. The van der Waals surface area contributed by atoms with Crippen molar-refractivity contribution in [1.82, 2.24) is 0 Å². The first-order valence-corrected chi connectivity index (χ1v) is 15.1. The second kappa shape index (κ2) is 16.5. The molecule has 0 atom stereocenters. The summed E-state index contributed by atoms with van der Waals surface area (Å²) in [7, 11) is 0. The lowest BCUT2D eigenvalue weighted by molar-refractivity contribution is 0.0649. The number of furan rings is 2. The van der Waals surface area contributed by atoms with E-state index in [1.807, 2.05) is 36.4 Å². The molecule has 0 bridgehead atoms.